The first-order chi connectivity index (χ1) is 9.06. The fourth-order valence-electron chi connectivity index (χ4n) is 1.68. The van der Waals surface area contributed by atoms with E-state index in [4.69, 9.17) is 14.9 Å². The summed E-state index contributed by atoms with van der Waals surface area (Å²) >= 11 is 0. The minimum absolute atomic E-state index is 0.0259. The van der Waals surface area contributed by atoms with Gasteiger partial charge in [-0.15, -0.1) is 0 Å². The molecule has 0 aromatic carbocycles. The minimum Gasteiger partial charge on any atom is -0.473 e. The van der Waals surface area contributed by atoms with Gasteiger partial charge in [0.05, 0.1) is 24.1 Å². The Kier molecular flexibility index (Phi) is 3.94. The van der Waals surface area contributed by atoms with E-state index in [0.717, 1.165) is 5.76 Å². The van der Waals surface area contributed by atoms with Crippen molar-refractivity contribution in [2.45, 2.75) is 32.9 Å². The topological polar surface area (TPSA) is 73.3 Å². The fourth-order valence-corrected chi connectivity index (χ4v) is 1.68. The molecule has 2 heterocycles. The van der Waals surface area contributed by atoms with Gasteiger partial charge in [0.2, 0.25) is 5.88 Å². The molecule has 0 bridgehead atoms. The van der Waals surface area contributed by atoms with E-state index in [2.05, 4.69) is 10.3 Å². The van der Waals surface area contributed by atoms with Crippen LogP contribution in [0.5, 0.6) is 5.88 Å². The quantitative estimate of drug-likeness (QED) is 0.864. The average Bonchev–Trinajstić information content (AvgIpc) is 2.86. The van der Waals surface area contributed by atoms with Gasteiger partial charge in [-0.1, -0.05) is 0 Å². The fraction of sp³-hybridized carbons (Fsp3) is 0.357. The van der Waals surface area contributed by atoms with Crippen LogP contribution >= 0.6 is 0 Å². The smallest absolute Gasteiger partial charge is 0.239 e. The Morgan fingerprint density at radius 2 is 2.05 bits per heavy atom. The van der Waals surface area contributed by atoms with Crippen LogP contribution in [0, 0.1) is 0 Å². The minimum atomic E-state index is 0.0259. The van der Waals surface area contributed by atoms with Gasteiger partial charge >= 0.3 is 0 Å². The van der Waals surface area contributed by atoms with Crippen molar-refractivity contribution >= 4 is 11.5 Å². The summed E-state index contributed by atoms with van der Waals surface area (Å²) in [4.78, 5) is 4.36. The number of nitrogen functional groups attached to an aromatic ring is 1. The maximum absolute atomic E-state index is 5.83. The van der Waals surface area contributed by atoms with Crippen LogP contribution in [-0.2, 0) is 0 Å². The predicted molar refractivity (Wildman–Crippen MR) is 75.2 cm³/mol. The van der Waals surface area contributed by atoms with Crippen molar-refractivity contribution in [2.24, 2.45) is 0 Å². The highest BCUT2D eigenvalue weighted by Crippen LogP contribution is 2.24. The maximum Gasteiger partial charge on any atom is 0.239 e. The number of nitrogens with one attached hydrogen (secondary N) is 1. The second kappa shape index (κ2) is 5.65. The maximum atomic E-state index is 5.83. The van der Waals surface area contributed by atoms with E-state index in [-0.39, 0.29) is 12.1 Å². The highest BCUT2D eigenvalue weighted by atomic mass is 16.5. The number of ether oxygens (including phenoxy) is 1. The summed E-state index contributed by atoms with van der Waals surface area (Å²) in [6.07, 6.45) is 1.68. The summed E-state index contributed by atoms with van der Waals surface area (Å²) in [5.41, 5.74) is 6.36. The summed E-state index contributed by atoms with van der Waals surface area (Å²) in [6.45, 7) is 5.87. The van der Waals surface area contributed by atoms with Crippen LogP contribution in [0.15, 0.2) is 34.9 Å². The zero-order valence-corrected chi connectivity index (χ0v) is 11.4. The molecule has 0 aliphatic rings. The standard InChI is InChI=1S/C14H19N3O2/c1-9(2)19-14-11(15)6-7-13(17-14)16-10(3)12-5-4-8-18-12/h4-10H,15H2,1-3H3,(H,16,17). The lowest BCUT2D eigenvalue weighted by Gasteiger charge is -2.15. The molecule has 19 heavy (non-hydrogen) atoms. The first-order valence-corrected chi connectivity index (χ1v) is 6.29. The highest BCUT2D eigenvalue weighted by molar-refractivity contribution is 5.54. The van der Waals surface area contributed by atoms with Gasteiger partial charge in [-0.3, -0.25) is 0 Å². The second-order valence-electron chi connectivity index (χ2n) is 4.64. The lowest BCUT2D eigenvalue weighted by Crippen LogP contribution is -2.11. The normalized spacial score (nSPS) is 12.4. The summed E-state index contributed by atoms with van der Waals surface area (Å²) in [6, 6.07) is 7.40. The first-order valence-electron chi connectivity index (χ1n) is 6.29. The Morgan fingerprint density at radius 3 is 2.68 bits per heavy atom. The van der Waals surface area contributed by atoms with Crippen molar-refractivity contribution < 1.29 is 9.15 Å². The van der Waals surface area contributed by atoms with Crippen molar-refractivity contribution in [1.82, 2.24) is 4.98 Å². The van der Waals surface area contributed by atoms with E-state index in [9.17, 15) is 0 Å². The number of rotatable bonds is 5. The van der Waals surface area contributed by atoms with Gasteiger partial charge in [-0.05, 0) is 45.0 Å². The van der Waals surface area contributed by atoms with Gasteiger partial charge in [0.15, 0.2) is 0 Å². The molecule has 0 saturated heterocycles. The van der Waals surface area contributed by atoms with Gasteiger partial charge in [-0.25, -0.2) is 0 Å². The number of hydrogen-bond acceptors (Lipinski definition) is 5. The SMILES string of the molecule is CC(C)Oc1nc(NC(C)c2ccco2)ccc1N. The zero-order valence-electron chi connectivity index (χ0n) is 11.4. The summed E-state index contributed by atoms with van der Waals surface area (Å²) in [7, 11) is 0. The molecule has 0 aliphatic carbocycles. The van der Waals surface area contributed by atoms with E-state index in [0.29, 0.717) is 17.4 Å². The molecular weight excluding hydrogens is 242 g/mol. The van der Waals surface area contributed by atoms with Gasteiger partial charge < -0.3 is 20.2 Å². The average molecular weight is 261 g/mol. The van der Waals surface area contributed by atoms with Crippen LogP contribution in [0.1, 0.15) is 32.6 Å². The number of pyridine rings is 1. The third kappa shape index (κ3) is 3.40. The van der Waals surface area contributed by atoms with Crippen LogP contribution in [0.2, 0.25) is 0 Å². The highest BCUT2D eigenvalue weighted by Gasteiger charge is 2.11. The molecule has 2 aromatic heterocycles. The third-order valence-corrected chi connectivity index (χ3v) is 2.57. The molecule has 1 atom stereocenters. The monoisotopic (exact) mass is 261 g/mol. The number of nitrogens with two attached hydrogens (primary N) is 1. The van der Waals surface area contributed by atoms with Crippen LogP contribution in [0.25, 0.3) is 0 Å². The lowest BCUT2D eigenvalue weighted by atomic mass is 10.2. The van der Waals surface area contributed by atoms with Gasteiger partial charge in [0.25, 0.3) is 0 Å². The summed E-state index contributed by atoms with van der Waals surface area (Å²) in [5, 5.41) is 3.24. The second-order valence-corrected chi connectivity index (χ2v) is 4.64. The van der Waals surface area contributed by atoms with Crippen LogP contribution < -0.4 is 15.8 Å². The zero-order chi connectivity index (χ0) is 13.8. The summed E-state index contributed by atoms with van der Waals surface area (Å²) < 4.78 is 10.9. The molecule has 102 valence electrons. The Bertz CT molecular complexity index is 523. The molecule has 0 amide bonds. The van der Waals surface area contributed by atoms with Crippen molar-refractivity contribution in [3.63, 3.8) is 0 Å². The Labute approximate surface area is 112 Å². The number of aromatic nitrogens is 1. The van der Waals surface area contributed by atoms with E-state index in [1.54, 1.807) is 12.3 Å². The number of anilines is 2. The van der Waals surface area contributed by atoms with E-state index in [1.165, 1.54) is 0 Å². The molecule has 1 unspecified atom stereocenters. The molecule has 3 N–H and O–H groups in total. The third-order valence-electron chi connectivity index (χ3n) is 2.57. The van der Waals surface area contributed by atoms with Crippen molar-refractivity contribution in [3.05, 3.63) is 36.3 Å². The molecule has 0 fully saturated rings. The number of nitrogens with zero attached hydrogens (tertiary/aromatic N) is 1. The van der Waals surface area contributed by atoms with Crippen LogP contribution in [-0.4, -0.2) is 11.1 Å². The van der Waals surface area contributed by atoms with E-state index in [1.807, 2.05) is 39.0 Å². The molecule has 2 rings (SSSR count). The van der Waals surface area contributed by atoms with Crippen molar-refractivity contribution in [2.75, 3.05) is 11.1 Å². The molecule has 0 saturated carbocycles. The molecule has 0 radical (unpaired) electrons. The molecule has 0 aliphatic heterocycles. The number of hydrogen-bond donors (Lipinski definition) is 2. The van der Waals surface area contributed by atoms with Gasteiger partial charge in [0.1, 0.15) is 11.6 Å². The van der Waals surface area contributed by atoms with Crippen molar-refractivity contribution in [1.29, 1.82) is 0 Å². The Morgan fingerprint density at radius 1 is 1.26 bits per heavy atom. The van der Waals surface area contributed by atoms with Crippen molar-refractivity contribution in [3.8, 4) is 5.88 Å². The molecule has 2 aromatic rings. The molecule has 5 nitrogen and oxygen atoms in total. The number of furan rings is 1. The summed E-state index contributed by atoms with van der Waals surface area (Å²) in [5.74, 6) is 2.00. The van der Waals surface area contributed by atoms with Crippen LogP contribution in [0.4, 0.5) is 11.5 Å². The first kappa shape index (κ1) is 13.3. The molecule has 0 spiro atoms. The molecule has 5 heteroatoms. The Balaban J connectivity index is 2.12. The van der Waals surface area contributed by atoms with E-state index >= 15 is 0 Å². The lowest BCUT2D eigenvalue weighted by molar-refractivity contribution is 0.234. The van der Waals surface area contributed by atoms with Gasteiger partial charge in [-0.2, -0.15) is 4.98 Å². The largest absolute Gasteiger partial charge is 0.473 e. The van der Waals surface area contributed by atoms with Gasteiger partial charge in [0, 0.05) is 0 Å². The predicted octanol–water partition coefficient (Wildman–Crippen LogP) is 3.22. The Hall–Kier alpha value is -2.17. The van der Waals surface area contributed by atoms with Crippen LogP contribution in [0.3, 0.4) is 0 Å². The van der Waals surface area contributed by atoms with E-state index < -0.39 is 0 Å². The molecular formula is C14H19N3O2.